The number of rotatable bonds is 4. The summed E-state index contributed by atoms with van der Waals surface area (Å²) in [5.74, 6) is -4.04. The SMILES string of the molecule is CC(NCc1cc(F)cc(F)c1)(C(=O)O)C(F)(F)F. The maximum atomic E-state index is 12.8. The molecule has 1 unspecified atom stereocenters. The average molecular weight is 283 g/mol. The van der Waals surface area contributed by atoms with Gasteiger partial charge in [0.1, 0.15) is 11.6 Å². The zero-order valence-electron chi connectivity index (χ0n) is 9.68. The number of halogens is 5. The van der Waals surface area contributed by atoms with E-state index in [1.54, 1.807) is 5.32 Å². The second-order valence-corrected chi connectivity index (χ2v) is 4.06. The Labute approximate surface area is 105 Å². The van der Waals surface area contributed by atoms with Crippen molar-refractivity contribution >= 4 is 5.97 Å². The van der Waals surface area contributed by atoms with Crippen LogP contribution in [0.4, 0.5) is 22.0 Å². The lowest BCUT2D eigenvalue weighted by atomic mass is 10.0. The summed E-state index contributed by atoms with van der Waals surface area (Å²) in [6.45, 7) is -0.206. The van der Waals surface area contributed by atoms with Crippen molar-refractivity contribution in [2.24, 2.45) is 0 Å². The standard InChI is InChI=1S/C11H10F5NO2/c1-10(9(18)19,11(14,15)16)17-5-6-2-7(12)4-8(13)3-6/h2-4,17H,5H2,1H3,(H,18,19). The highest BCUT2D eigenvalue weighted by Gasteiger charge is 2.57. The van der Waals surface area contributed by atoms with Crippen LogP contribution in [0.3, 0.4) is 0 Å². The molecule has 0 saturated heterocycles. The molecule has 2 N–H and O–H groups in total. The van der Waals surface area contributed by atoms with Gasteiger partial charge in [-0.2, -0.15) is 13.2 Å². The first-order valence-corrected chi connectivity index (χ1v) is 5.06. The monoisotopic (exact) mass is 283 g/mol. The van der Waals surface area contributed by atoms with Crippen LogP contribution in [0.2, 0.25) is 0 Å². The normalized spacial score (nSPS) is 15.1. The Morgan fingerprint density at radius 1 is 1.21 bits per heavy atom. The molecule has 0 saturated carbocycles. The van der Waals surface area contributed by atoms with E-state index in [0.29, 0.717) is 13.0 Å². The van der Waals surface area contributed by atoms with Crippen molar-refractivity contribution in [3.05, 3.63) is 35.4 Å². The van der Waals surface area contributed by atoms with Gasteiger partial charge in [-0.05, 0) is 24.6 Å². The fourth-order valence-corrected chi connectivity index (χ4v) is 1.29. The number of nitrogens with one attached hydrogen (secondary N) is 1. The van der Waals surface area contributed by atoms with Gasteiger partial charge in [-0.25, -0.2) is 13.6 Å². The fraction of sp³-hybridized carbons (Fsp3) is 0.364. The number of hydrogen-bond acceptors (Lipinski definition) is 2. The van der Waals surface area contributed by atoms with E-state index in [1.165, 1.54) is 0 Å². The summed E-state index contributed by atoms with van der Waals surface area (Å²) >= 11 is 0. The zero-order valence-corrected chi connectivity index (χ0v) is 9.68. The van der Waals surface area contributed by atoms with Gasteiger partial charge >= 0.3 is 12.1 Å². The van der Waals surface area contributed by atoms with Gasteiger partial charge in [-0.3, -0.25) is 5.32 Å². The molecule has 0 fully saturated rings. The van der Waals surface area contributed by atoms with Crippen LogP contribution >= 0.6 is 0 Å². The lowest BCUT2D eigenvalue weighted by Crippen LogP contribution is -2.59. The minimum absolute atomic E-state index is 0.130. The van der Waals surface area contributed by atoms with E-state index in [4.69, 9.17) is 5.11 Å². The summed E-state index contributed by atoms with van der Waals surface area (Å²) in [7, 11) is 0. The van der Waals surface area contributed by atoms with Crippen LogP contribution in [0.5, 0.6) is 0 Å². The Balaban J connectivity index is 2.92. The van der Waals surface area contributed by atoms with E-state index in [2.05, 4.69) is 0 Å². The minimum atomic E-state index is -5.05. The van der Waals surface area contributed by atoms with Crippen LogP contribution in [-0.4, -0.2) is 22.8 Å². The first kappa shape index (κ1) is 15.4. The molecule has 0 aliphatic rings. The molecule has 0 heterocycles. The second-order valence-electron chi connectivity index (χ2n) is 4.06. The molecule has 1 atom stereocenters. The molecule has 0 aromatic heterocycles. The Morgan fingerprint density at radius 3 is 2.05 bits per heavy atom. The lowest BCUT2D eigenvalue weighted by Gasteiger charge is -2.28. The predicted octanol–water partition coefficient (Wildman–Crippen LogP) is 2.46. The van der Waals surface area contributed by atoms with Gasteiger partial charge in [-0.1, -0.05) is 0 Å². The largest absolute Gasteiger partial charge is 0.480 e. The Morgan fingerprint density at radius 2 is 1.68 bits per heavy atom. The van der Waals surface area contributed by atoms with Gasteiger partial charge in [0.25, 0.3) is 0 Å². The molecule has 1 aromatic rings. The molecule has 8 heteroatoms. The molecule has 1 aromatic carbocycles. The Hall–Kier alpha value is -1.70. The molecule has 1 rings (SSSR count). The highest BCUT2D eigenvalue weighted by molar-refractivity contribution is 5.79. The van der Waals surface area contributed by atoms with E-state index in [1.807, 2.05) is 0 Å². The smallest absolute Gasteiger partial charge is 0.417 e. The summed E-state index contributed by atoms with van der Waals surface area (Å²) < 4.78 is 63.5. The van der Waals surface area contributed by atoms with Gasteiger partial charge in [0.05, 0.1) is 0 Å². The third-order valence-electron chi connectivity index (χ3n) is 2.56. The summed E-state index contributed by atoms with van der Waals surface area (Å²) in [6.07, 6.45) is -5.05. The molecule has 3 nitrogen and oxygen atoms in total. The molecule has 0 radical (unpaired) electrons. The number of aliphatic carboxylic acids is 1. The number of carbonyl (C=O) groups is 1. The van der Waals surface area contributed by atoms with E-state index < -0.39 is 35.9 Å². The lowest BCUT2D eigenvalue weighted by molar-refractivity contribution is -0.206. The van der Waals surface area contributed by atoms with Crippen LogP contribution < -0.4 is 5.32 Å². The Kier molecular flexibility index (Phi) is 4.14. The fourth-order valence-electron chi connectivity index (χ4n) is 1.29. The molecule has 19 heavy (non-hydrogen) atoms. The first-order valence-electron chi connectivity index (χ1n) is 5.06. The third kappa shape index (κ3) is 3.40. The van der Waals surface area contributed by atoms with E-state index in [0.717, 1.165) is 12.1 Å². The topological polar surface area (TPSA) is 49.3 Å². The number of hydrogen-bond donors (Lipinski definition) is 2. The maximum Gasteiger partial charge on any atom is 0.417 e. The zero-order chi connectivity index (χ0) is 14.8. The first-order chi connectivity index (χ1) is 8.56. The average Bonchev–Trinajstić information content (AvgIpc) is 2.22. The van der Waals surface area contributed by atoms with Crippen molar-refractivity contribution < 1.29 is 31.9 Å². The Bertz CT molecular complexity index is 468. The van der Waals surface area contributed by atoms with E-state index in [-0.39, 0.29) is 5.56 Å². The van der Waals surface area contributed by atoms with Crippen molar-refractivity contribution in [2.75, 3.05) is 0 Å². The molecule has 0 spiro atoms. The highest BCUT2D eigenvalue weighted by Crippen LogP contribution is 2.30. The van der Waals surface area contributed by atoms with Crippen LogP contribution in [0.25, 0.3) is 0 Å². The molecule has 0 amide bonds. The second kappa shape index (κ2) is 5.12. The number of benzene rings is 1. The summed E-state index contributed by atoms with van der Waals surface area (Å²) in [4.78, 5) is 10.7. The van der Waals surface area contributed by atoms with Gasteiger partial charge in [0.2, 0.25) is 5.54 Å². The van der Waals surface area contributed by atoms with Crippen molar-refractivity contribution in [1.29, 1.82) is 0 Å². The van der Waals surface area contributed by atoms with Crippen LogP contribution in [0.1, 0.15) is 12.5 Å². The van der Waals surface area contributed by atoms with Gasteiger partial charge in [0.15, 0.2) is 0 Å². The third-order valence-corrected chi connectivity index (χ3v) is 2.56. The molecule has 0 aliphatic carbocycles. The minimum Gasteiger partial charge on any atom is -0.480 e. The van der Waals surface area contributed by atoms with Crippen LogP contribution in [0.15, 0.2) is 18.2 Å². The van der Waals surface area contributed by atoms with E-state index >= 15 is 0 Å². The molecule has 0 bridgehead atoms. The summed E-state index contributed by atoms with van der Waals surface area (Å²) in [6, 6.07) is 2.19. The molecular weight excluding hydrogens is 273 g/mol. The van der Waals surface area contributed by atoms with Crippen molar-refractivity contribution in [2.45, 2.75) is 25.2 Å². The highest BCUT2D eigenvalue weighted by atomic mass is 19.4. The van der Waals surface area contributed by atoms with Crippen LogP contribution in [0, 0.1) is 11.6 Å². The number of carboxylic acid groups (broad SMARTS) is 1. The van der Waals surface area contributed by atoms with Crippen LogP contribution in [-0.2, 0) is 11.3 Å². The van der Waals surface area contributed by atoms with Gasteiger partial charge < -0.3 is 5.11 Å². The van der Waals surface area contributed by atoms with Crippen molar-refractivity contribution in [1.82, 2.24) is 5.32 Å². The number of carboxylic acids is 1. The predicted molar refractivity (Wildman–Crippen MR) is 55.3 cm³/mol. The maximum absolute atomic E-state index is 12.8. The molecular formula is C11H10F5NO2. The molecule has 106 valence electrons. The van der Waals surface area contributed by atoms with Gasteiger partial charge in [0, 0.05) is 12.6 Å². The van der Waals surface area contributed by atoms with Gasteiger partial charge in [-0.15, -0.1) is 0 Å². The van der Waals surface area contributed by atoms with E-state index in [9.17, 15) is 26.7 Å². The quantitative estimate of drug-likeness (QED) is 0.834. The van der Waals surface area contributed by atoms with Crippen molar-refractivity contribution in [3.8, 4) is 0 Å². The summed E-state index contributed by atoms with van der Waals surface area (Å²) in [5, 5.41) is 10.4. The summed E-state index contributed by atoms with van der Waals surface area (Å²) in [5.41, 5.74) is -3.33. The van der Waals surface area contributed by atoms with Crippen molar-refractivity contribution in [3.63, 3.8) is 0 Å². The number of alkyl halides is 3. The molecule has 0 aliphatic heterocycles.